The lowest BCUT2D eigenvalue weighted by Gasteiger charge is -2.20. The average Bonchev–Trinajstić information content (AvgIpc) is 1.81. The summed E-state index contributed by atoms with van der Waals surface area (Å²) >= 11 is 0. The maximum atomic E-state index is 11.1. The van der Waals surface area contributed by atoms with Crippen LogP contribution >= 0.6 is 0 Å². The molecule has 0 spiro atoms. The second kappa shape index (κ2) is 4.98. The minimum atomic E-state index is -2.02. The molecule has 0 bridgehead atoms. The second-order valence-electron chi connectivity index (χ2n) is 4.43. The molecule has 2 N–H and O–H groups in total. The van der Waals surface area contributed by atoms with E-state index in [0.717, 1.165) is 19.5 Å². The zero-order chi connectivity index (χ0) is 10.5. The van der Waals surface area contributed by atoms with Crippen LogP contribution in [0.4, 0.5) is 0 Å². The molecule has 0 amide bonds. The smallest absolute Gasteiger partial charge is 0.0219 e. The summed E-state index contributed by atoms with van der Waals surface area (Å²) in [4.78, 5) is 0. The van der Waals surface area contributed by atoms with Crippen molar-refractivity contribution in [2.24, 2.45) is 0 Å². The third kappa shape index (κ3) is 11.9. The van der Waals surface area contributed by atoms with Gasteiger partial charge in [0.05, 0.1) is 0 Å². The van der Waals surface area contributed by atoms with E-state index in [-0.39, 0.29) is 5.54 Å². The number of rotatable bonds is 5. The summed E-state index contributed by atoms with van der Waals surface area (Å²) in [6, 6.07) is 0. The molecule has 0 aromatic rings. The molecule has 0 fully saturated rings. The molecule has 0 aromatic heterocycles. The van der Waals surface area contributed by atoms with E-state index in [9.17, 15) is 4.21 Å². The highest BCUT2D eigenvalue weighted by atomic mass is 32.2. The molecule has 80 valence electrons. The molecule has 0 aliphatic carbocycles. The predicted octanol–water partition coefficient (Wildman–Crippen LogP) is 0.615. The van der Waals surface area contributed by atoms with Gasteiger partial charge in [-0.25, -0.2) is 4.72 Å². The molecule has 1 atom stereocenters. The van der Waals surface area contributed by atoms with E-state index in [1.165, 1.54) is 0 Å². The van der Waals surface area contributed by atoms with Crippen LogP contribution in [-0.4, -0.2) is 35.0 Å². The molecule has 0 rings (SSSR count). The zero-order valence-corrected chi connectivity index (χ0v) is 9.96. The summed E-state index contributed by atoms with van der Waals surface area (Å²) in [7, 11) is -2.02. The fraction of sp³-hybridized carbons (Fsp3) is 0.889. The van der Waals surface area contributed by atoms with Crippen LogP contribution in [0, 0.1) is 0 Å². The van der Waals surface area contributed by atoms with Crippen molar-refractivity contribution in [1.29, 1.82) is 0 Å². The van der Waals surface area contributed by atoms with Gasteiger partial charge in [-0.15, -0.1) is 0 Å². The van der Waals surface area contributed by atoms with Gasteiger partial charge in [0, 0.05) is 28.0 Å². The van der Waals surface area contributed by atoms with Gasteiger partial charge in [-0.3, -0.25) is 4.21 Å². The highest BCUT2D eigenvalue weighted by Crippen LogP contribution is 1.97. The molecule has 13 heavy (non-hydrogen) atoms. The van der Waals surface area contributed by atoms with Crippen molar-refractivity contribution in [3.8, 4) is 0 Å². The molecule has 1 unspecified atom stereocenters. The summed E-state index contributed by atoms with van der Waals surface area (Å²) in [5.41, 5.74) is 0.165. The van der Waals surface area contributed by atoms with E-state index >= 15 is 0 Å². The fourth-order valence-electron chi connectivity index (χ4n) is 0.840. The minimum absolute atomic E-state index is 0.165. The van der Waals surface area contributed by atoms with Gasteiger partial charge in [0.2, 0.25) is 0 Å². The molecular formula is C9H22N2OS. The monoisotopic (exact) mass is 206 g/mol. The third-order valence-electron chi connectivity index (χ3n) is 1.42. The lowest BCUT2D eigenvalue weighted by molar-refractivity contribution is 0.422. The first kappa shape index (κ1) is 12.9. The Morgan fingerprint density at radius 3 is 2.23 bits per heavy atom. The average molecular weight is 206 g/mol. The quantitative estimate of drug-likeness (QED) is 0.511. The van der Waals surface area contributed by atoms with Crippen molar-refractivity contribution in [3.63, 3.8) is 0 Å². The van der Waals surface area contributed by atoms with Gasteiger partial charge in [0.15, 0.2) is 0 Å². The van der Waals surface area contributed by atoms with Gasteiger partial charge in [0.1, 0.15) is 0 Å². The first-order valence-corrected chi connectivity index (χ1v) is 6.66. The third-order valence-corrected chi connectivity index (χ3v) is 2.23. The number of nitrogens with one attached hydrogen (secondary N) is 2. The Hall–Kier alpha value is -0.0600. The van der Waals surface area contributed by atoms with E-state index in [1.54, 1.807) is 6.26 Å². The number of hydrogen-bond donors (Lipinski definition) is 2. The molecule has 0 saturated carbocycles. The molecule has 0 radical (unpaired) electrons. The van der Waals surface area contributed by atoms with E-state index in [4.69, 9.17) is 0 Å². The van der Waals surface area contributed by atoms with Crippen LogP contribution in [0.2, 0.25) is 0 Å². The van der Waals surface area contributed by atoms with Crippen molar-refractivity contribution in [3.05, 3.63) is 0 Å². The van der Waals surface area contributed by atoms with Crippen LogP contribution in [0.15, 0.2) is 0 Å². The molecule has 3 nitrogen and oxygen atoms in total. The Morgan fingerprint density at radius 1 is 1.31 bits per heavy atom. The van der Waals surface area contributed by atoms with E-state index in [1.807, 2.05) is 0 Å². The Kier molecular flexibility index (Phi) is 4.96. The Bertz CT molecular complexity index is 226. The standard InChI is InChI=1S/C9H22N2OS/c1-9(2,3)10-7-6-8-11-13(4,5)12/h10H,4,6-8H2,1-3,5H3,(H,11,12). The Morgan fingerprint density at radius 2 is 1.85 bits per heavy atom. The molecule has 0 heterocycles. The maximum absolute atomic E-state index is 11.1. The Balaban J connectivity index is 3.39. The summed E-state index contributed by atoms with van der Waals surface area (Å²) in [6.45, 7) is 8.08. The van der Waals surface area contributed by atoms with Crippen LogP contribution in [-0.2, 0) is 9.71 Å². The molecule has 0 saturated heterocycles. The summed E-state index contributed by atoms with van der Waals surface area (Å²) in [5.74, 6) is 3.51. The van der Waals surface area contributed by atoms with Gasteiger partial charge in [0.25, 0.3) is 0 Å². The first-order valence-electron chi connectivity index (χ1n) is 4.52. The molecular weight excluding hydrogens is 184 g/mol. The van der Waals surface area contributed by atoms with Crippen LogP contribution in [0.1, 0.15) is 27.2 Å². The molecule has 0 aliphatic rings. The van der Waals surface area contributed by atoms with Gasteiger partial charge >= 0.3 is 0 Å². The van der Waals surface area contributed by atoms with Crippen molar-refractivity contribution in [1.82, 2.24) is 10.0 Å². The first-order chi connectivity index (χ1) is 5.71. The molecule has 4 heteroatoms. The van der Waals surface area contributed by atoms with Crippen LogP contribution in [0.3, 0.4) is 0 Å². The van der Waals surface area contributed by atoms with Gasteiger partial charge in [-0.05, 0) is 39.6 Å². The van der Waals surface area contributed by atoms with E-state index < -0.39 is 9.71 Å². The minimum Gasteiger partial charge on any atom is -0.312 e. The molecule has 0 aromatic carbocycles. The largest absolute Gasteiger partial charge is 0.312 e. The SMILES string of the molecule is C=S(C)(=O)NCCCNC(C)(C)C. The van der Waals surface area contributed by atoms with Gasteiger partial charge in [-0.2, -0.15) is 0 Å². The molecule has 0 aliphatic heterocycles. The predicted molar refractivity (Wildman–Crippen MR) is 61.6 cm³/mol. The lowest BCUT2D eigenvalue weighted by Crippen LogP contribution is -2.37. The zero-order valence-electron chi connectivity index (χ0n) is 9.14. The Labute approximate surface area is 82.4 Å². The fourth-order valence-corrected chi connectivity index (χ4v) is 1.42. The van der Waals surface area contributed by atoms with Gasteiger partial charge < -0.3 is 5.32 Å². The van der Waals surface area contributed by atoms with Crippen LogP contribution in [0.25, 0.3) is 0 Å². The summed E-state index contributed by atoms with van der Waals surface area (Å²) in [6.07, 6.45) is 2.59. The highest BCUT2D eigenvalue weighted by Gasteiger charge is 2.06. The van der Waals surface area contributed by atoms with E-state index in [2.05, 4.69) is 36.7 Å². The number of hydrogen-bond acceptors (Lipinski definition) is 2. The summed E-state index contributed by atoms with van der Waals surface area (Å²) in [5, 5.41) is 3.35. The maximum Gasteiger partial charge on any atom is 0.0219 e. The van der Waals surface area contributed by atoms with Crippen molar-refractivity contribution in [2.75, 3.05) is 19.3 Å². The summed E-state index contributed by atoms with van der Waals surface area (Å²) < 4.78 is 14.0. The van der Waals surface area contributed by atoms with Crippen molar-refractivity contribution >= 4 is 15.6 Å². The van der Waals surface area contributed by atoms with Crippen molar-refractivity contribution < 1.29 is 4.21 Å². The highest BCUT2D eigenvalue weighted by molar-refractivity contribution is 7.97. The van der Waals surface area contributed by atoms with Crippen molar-refractivity contribution in [2.45, 2.75) is 32.7 Å². The topological polar surface area (TPSA) is 41.1 Å². The lowest BCUT2D eigenvalue weighted by atomic mass is 10.1. The second-order valence-corrected chi connectivity index (χ2v) is 6.73. The van der Waals surface area contributed by atoms with Gasteiger partial charge in [-0.1, -0.05) is 0 Å². The van der Waals surface area contributed by atoms with Crippen LogP contribution in [0.5, 0.6) is 0 Å². The van der Waals surface area contributed by atoms with Crippen LogP contribution < -0.4 is 10.0 Å². The normalized spacial score (nSPS) is 16.9. The van der Waals surface area contributed by atoms with E-state index in [0.29, 0.717) is 0 Å².